The van der Waals surface area contributed by atoms with Gasteiger partial charge in [-0.2, -0.15) is 0 Å². The minimum absolute atomic E-state index is 0.000625. The van der Waals surface area contributed by atoms with Gasteiger partial charge < -0.3 is 14.8 Å². The molecule has 0 aromatic heterocycles. The molecule has 2 unspecified atom stereocenters. The molecule has 0 spiro atoms. The molecule has 3 rings (SSSR count). The van der Waals surface area contributed by atoms with Crippen LogP contribution in [0.3, 0.4) is 0 Å². The number of benzene rings is 2. The first kappa shape index (κ1) is 22.3. The van der Waals surface area contributed by atoms with Gasteiger partial charge in [0, 0.05) is 26.2 Å². The van der Waals surface area contributed by atoms with Crippen LogP contribution in [0.5, 0.6) is 5.75 Å². The maximum absolute atomic E-state index is 12.1. The molecule has 1 fully saturated rings. The highest BCUT2D eigenvalue weighted by atomic mass is 16.5. The zero-order valence-electron chi connectivity index (χ0n) is 18.6. The van der Waals surface area contributed by atoms with Crippen LogP contribution in [0.25, 0.3) is 0 Å². The van der Waals surface area contributed by atoms with Crippen LogP contribution in [-0.2, 0) is 22.6 Å². The second-order valence-electron chi connectivity index (χ2n) is 8.34. The van der Waals surface area contributed by atoms with Crippen molar-refractivity contribution in [3.63, 3.8) is 0 Å². The van der Waals surface area contributed by atoms with E-state index >= 15 is 0 Å². The molecule has 1 heterocycles. The second kappa shape index (κ2) is 10.6. The predicted molar refractivity (Wildman–Crippen MR) is 120 cm³/mol. The molecule has 0 radical (unpaired) electrons. The zero-order chi connectivity index (χ0) is 21.5. The second-order valence-corrected chi connectivity index (χ2v) is 8.34. The van der Waals surface area contributed by atoms with Gasteiger partial charge in [-0.3, -0.25) is 9.69 Å². The summed E-state index contributed by atoms with van der Waals surface area (Å²) in [7, 11) is 0. The van der Waals surface area contributed by atoms with Crippen LogP contribution in [0, 0.1) is 13.8 Å². The minimum Gasteiger partial charge on any atom is -0.493 e. The Balaban J connectivity index is 1.39. The monoisotopic (exact) mass is 410 g/mol. The number of carbonyl (C=O) groups is 1. The number of ether oxygens (including phenoxy) is 2. The van der Waals surface area contributed by atoms with Crippen LogP contribution >= 0.6 is 0 Å². The van der Waals surface area contributed by atoms with Gasteiger partial charge in [-0.15, -0.1) is 0 Å². The number of carbonyl (C=O) groups excluding carboxylic acids is 1. The Hall–Kier alpha value is -2.37. The van der Waals surface area contributed by atoms with Gasteiger partial charge in [0.05, 0.1) is 25.2 Å². The average molecular weight is 411 g/mol. The first-order valence-corrected chi connectivity index (χ1v) is 10.8. The molecule has 5 heteroatoms. The number of nitrogens with one attached hydrogen (secondary N) is 1. The Morgan fingerprint density at radius 3 is 2.43 bits per heavy atom. The number of rotatable bonds is 8. The van der Waals surface area contributed by atoms with Gasteiger partial charge in [-0.05, 0) is 56.0 Å². The Labute approximate surface area is 180 Å². The number of nitrogens with zero attached hydrogens (tertiary/aromatic N) is 1. The molecule has 2 aromatic rings. The molecule has 0 saturated carbocycles. The van der Waals surface area contributed by atoms with Crippen molar-refractivity contribution in [3.8, 4) is 5.75 Å². The number of hydrogen-bond donors (Lipinski definition) is 1. The molecule has 1 saturated heterocycles. The highest BCUT2D eigenvalue weighted by Gasteiger charge is 2.21. The fraction of sp³-hybridized carbons (Fsp3) is 0.480. The summed E-state index contributed by atoms with van der Waals surface area (Å²) in [6, 6.07) is 14.5. The largest absolute Gasteiger partial charge is 0.493 e. The van der Waals surface area contributed by atoms with E-state index in [1.165, 1.54) is 11.1 Å². The zero-order valence-corrected chi connectivity index (χ0v) is 18.6. The molecule has 1 amide bonds. The summed E-state index contributed by atoms with van der Waals surface area (Å²) >= 11 is 0. The van der Waals surface area contributed by atoms with Gasteiger partial charge in [0.1, 0.15) is 5.75 Å². The molecule has 30 heavy (non-hydrogen) atoms. The molecule has 1 aliphatic heterocycles. The van der Waals surface area contributed by atoms with Crippen molar-refractivity contribution in [2.24, 2.45) is 0 Å². The summed E-state index contributed by atoms with van der Waals surface area (Å²) in [6.45, 7) is 12.1. The molecular formula is C25H34N2O3. The van der Waals surface area contributed by atoms with Crippen molar-refractivity contribution in [3.05, 3.63) is 64.7 Å². The lowest BCUT2D eigenvalue weighted by molar-refractivity contribution is -0.121. The average Bonchev–Trinajstić information content (AvgIpc) is 2.70. The van der Waals surface area contributed by atoms with Crippen molar-refractivity contribution < 1.29 is 14.3 Å². The Morgan fingerprint density at radius 2 is 1.73 bits per heavy atom. The van der Waals surface area contributed by atoms with E-state index in [0.717, 1.165) is 36.5 Å². The fourth-order valence-electron chi connectivity index (χ4n) is 3.86. The van der Waals surface area contributed by atoms with E-state index in [4.69, 9.17) is 9.47 Å². The van der Waals surface area contributed by atoms with E-state index in [9.17, 15) is 4.79 Å². The molecule has 1 N–H and O–H groups in total. The van der Waals surface area contributed by atoms with E-state index in [-0.39, 0.29) is 18.1 Å². The molecule has 0 aliphatic carbocycles. The maximum Gasteiger partial charge on any atom is 0.223 e. The van der Waals surface area contributed by atoms with E-state index in [2.05, 4.69) is 61.3 Å². The predicted octanol–water partition coefficient (Wildman–Crippen LogP) is 4.00. The normalized spacial score (nSPS) is 19.5. The molecule has 5 nitrogen and oxygen atoms in total. The van der Waals surface area contributed by atoms with E-state index in [0.29, 0.717) is 19.6 Å². The summed E-state index contributed by atoms with van der Waals surface area (Å²) in [5.74, 6) is 0.850. The van der Waals surface area contributed by atoms with Crippen LogP contribution in [0.15, 0.2) is 42.5 Å². The summed E-state index contributed by atoms with van der Waals surface area (Å²) in [4.78, 5) is 14.6. The van der Waals surface area contributed by atoms with Gasteiger partial charge in [-0.1, -0.05) is 36.4 Å². The third kappa shape index (κ3) is 6.57. The molecular weight excluding hydrogens is 376 g/mol. The summed E-state index contributed by atoms with van der Waals surface area (Å²) in [6.07, 6.45) is 0.905. The Kier molecular flexibility index (Phi) is 7.88. The van der Waals surface area contributed by atoms with Crippen LogP contribution in [0.1, 0.15) is 42.5 Å². The van der Waals surface area contributed by atoms with Gasteiger partial charge in [0.15, 0.2) is 0 Å². The van der Waals surface area contributed by atoms with Gasteiger partial charge >= 0.3 is 0 Å². The summed E-state index contributed by atoms with van der Waals surface area (Å²) < 4.78 is 11.6. The molecule has 2 atom stereocenters. The highest BCUT2D eigenvalue weighted by Crippen LogP contribution is 2.20. The maximum atomic E-state index is 12.1. The van der Waals surface area contributed by atoms with Crippen LogP contribution < -0.4 is 10.1 Å². The fourth-order valence-corrected chi connectivity index (χ4v) is 3.86. The highest BCUT2D eigenvalue weighted by molar-refractivity contribution is 5.76. The van der Waals surface area contributed by atoms with Crippen LogP contribution in [0.4, 0.5) is 0 Å². The molecule has 0 bridgehead atoms. The topological polar surface area (TPSA) is 50.8 Å². The van der Waals surface area contributed by atoms with E-state index in [1.807, 2.05) is 19.1 Å². The van der Waals surface area contributed by atoms with Crippen molar-refractivity contribution in [1.82, 2.24) is 10.2 Å². The first-order valence-electron chi connectivity index (χ1n) is 10.8. The number of aryl methyl sites for hydroxylation is 1. The van der Waals surface area contributed by atoms with Crippen LogP contribution in [0.2, 0.25) is 0 Å². The lowest BCUT2D eigenvalue weighted by Crippen LogP contribution is -2.44. The van der Waals surface area contributed by atoms with Crippen molar-refractivity contribution >= 4 is 5.91 Å². The van der Waals surface area contributed by atoms with Crippen molar-refractivity contribution in [2.75, 3.05) is 19.7 Å². The third-order valence-corrected chi connectivity index (χ3v) is 5.56. The lowest BCUT2D eigenvalue weighted by Gasteiger charge is -2.35. The molecule has 162 valence electrons. The number of morpholine rings is 1. The van der Waals surface area contributed by atoms with Crippen LogP contribution in [-0.4, -0.2) is 42.7 Å². The summed E-state index contributed by atoms with van der Waals surface area (Å²) in [5.41, 5.74) is 4.71. The Bertz CT molecular complexity index is 825. The lowest BCUT2D eigenvalue weighted by atomic mass is 10.1. The van der Waals surface area contributed by atoms with Crippen molar-refractivity contribution in [2.45, 2.75) is 59.4 Å². The molecule has 1 aliphatic rings. The SMILES string of the molecule is Cc1cccc(OCCC(=O)NCc2ccc(CN3CC(C)OC(C)C3)cc2)c1C. The third-order valence-electron chi connectivity index (χ3n) is 5.56. The summed E-state index contributed by atoms with van der Waals surface area (Å²) in [5, 5.41) is 2.98. The van der Waals surface area contributed by atoms with Gasteiger partial charge in [0.2, 0.25) is 5.91 Å². The van der Waals surface area contributed by atoms with Gasteiger partial charge in [0.25, 0.3) is 0 Å². The van der Waals surface area contributed by atoms with E-state index in [1.54, 1.807) is 0 Å². The standard InChI is InChI=1S/C25H34N2O3/c1-18-6-5-7-24(21(18)4)29-13-12-25(28)26-14-22-8-10-23(11-9-22)17-27-15-19(2)30-20(3)16-27/h5-11,19-20H,12-17H2,1-4H3,(H,26,28). The number of amides is 1. The first-order chi connectivity index (χ1) is 14.4. The quantitative estimate of drug-likeness (QED) is 0.715. The van der Waals surface area contributed by atoms with E-state index < -0.39 is 0 Å². The molecule has 2 aromatic carbocycles. The number of hydrogen-bond acceptors (Lipinski definition) is 4. The smallest absolute Gasteiger partial charge is 0.223 e. The van der Waals surface area contributed by atoms with Crippen molar-refractivity contribution in [1.29, 1.82) is 0 Å². The van der Waals surface area contributed by atoms with Gasteiger partial charge in [-0.25, -0.2) is 0 Å². The minimum atomic E-state index is 0.000625. The Morgan fingerprint density at radius 1 is 1.07 bits per heavy atom.